The topological polar surface area (TPSA) is 50.7 Å². The molecule has 5 heteroatoms. The second-order valence-corrected chi connectivity index (χ2v) is 5.34. The summed E-state index contributed by atoms with van der Waals surface area (Å²) < 4.78 is 11.4. The molecule has 2 N–H and O–H groups in total. The fraction of sp³-hybridized carbons (Fsp3) is 0.250. The summed E-state index contributed by atoms with van der Waals surface area (Å²) in [6, 6.07) is 11.3. The lowest BCUT2D eigenvalue weighted by Crippen LogP contribution is -2.01. The average Bonchev–Trinajstić information content (AvgIpc) is 2.49. The molecule has 0 aromatic heterocycles. The van der Waals surface area contributed by atoms with Gasteiger partial charge in [0.1, 0.15) is 5.75 Å². The molecular formula is C16H18BrNO3. The molecule has 112 valence electrons. The van der Waals surface area contributed by atoms with Gasteiger partial charge >= 0.3 is 0 Å². The number of phenols is 1. The van der Waals surface area contributed by atoms with Gasteiger partial charge in [0.05, 0.1) is 13.7 Å². The monoisotopic (exact) mass is 351 g/mol. The van der Waals surface area contributed by atoms with Crippen LogP contribution in [0, 0.1) is 0 Å². The molecule has 0 saturated heterocycles. The molecular weight excluding hydrogens is 334 g/mol. The molecule has 2 aromatic carbocycles. The van der Waals surface area contributed by atoms with Crippen molar-refractivity contribution >= 4 is 21.6 Å². The number of phenolic OH excluding ortho intramolecular Hbond substituents is 1. The lowest BCUT2D eigenvalue weighted by atomic mass is 10.2. The maximum Gasteiger partial charge on any atom is 0.162 e. The molecule has 0 aliphatic rings. The number of hydrogen-bond acceptors (Lipinski definition) is 4. The lowest BCUT2D eigenvalue weighted by Gasteiger charge is -2.12. The second-order valence-electron chi connectivity index (χ2n) is 4.43. The van der Waals surface area contributed by atoms with E-state index in [-0.39, 0.29) is 5.75 Å². The smallest absolute Gasteiger partial charge is 0.162 e. The van der Waals surface area contributed by atoms with Crippen molar-refractivity contribution in [2.45, 2.75) is 13.5 Å². The van der Waals surface area contributed by atoms with Gasteiger partial charge in [0.2, 0.25) is 0 Å². The summed E-state index contributed by atoms with van der Waals surface area (Å²) in [6.45, 7) is 3.10. The van der Waals surface area contributed by atoms with E-state index in [4.69, 9.17) is 9.47 Å². The van der Waals surface area contributed by atoms with Crippen LogP contribution < -0.4 is 14.8 Å². The zero-order valence-corrected chi connectivity index (χ0v) is 13.6. The van der Waals surface area contributed by atoms with E-state index in [1.165, 1.54) is 7.11 Å². The number of rotatable bonds is 6. The molecule has 2 rings (SSSR count). The molecule has 0 fully saturated rings. The fourth-order valence-corrected chi connectivity index (χ4v) is 2.44. The van der Waals surface area contributed by atoms with E-state index < -0.39 is 0 Å². The number of halogens is 1. The Kier molecular flexibility index (Phi) is 5.33. The Hall–Kier alpha value is -1.88. The number of hydrogen-bond donors (Lipinski definition) is 2. The van der Waals surface area contributed by atoms with Crippen LogP contribution in [0.15, 0.2) is 40.9 Å². The van der Waals surface area contributed by atoms with Crippen LogP contribution in [0.1, 0.15) is 12.5 Å². The normalized spacial score (nSPS) is 10.2. The molecule has 0 saturated carbocycles. The molecule has 0 radical (unpaired) electrons. The summed E-state index contributed by atoms with van der Waals surface area (Å²) >= 11 is 3.41. The first-order valence-corrected chi connectivity index (χ1v) is 7.45. The minimum Gasteiger partial charge on any atom is -0.504 e. The summed E-state index contributed by atoms with van der Waals surface area (Å²) in [5, 5.41) is 13.4. The predicted molar refractivity (Wildman–Crippen MR) is 87.3 cm³/mol. The third kappa shape index (κ3) is 4.04. The fourth-order valence-electron chi connectivity index (χ4n) is 1.95. The molecule has 0 aliphatic heterocycles. The number of ether oxygens (including phenoxy) is 2. The molecule has 0 unspecified atom stereocenters. The average molecular weight is 352 g/mol. The molecule has 0 aliphatic carbocycles. The Morgan fingerprint density at radius 3 is 2.52 bits per heavy atom. The largest absolute Gasteiger partial charge is 0.504 e. The maximum absolute atomic E-state index is 10.1. The van der Waals surface area contributed by atoms with Crippen molar-refractivity contribution in [3.63, 3.8) is 0 Å². The lowest BCUT2D eigenvalue weighted by molar-refractivity contribution is 0.340. The van der Waals surface area contributed by atoms with Gasteiger partial charge in [-0.1, -0.05) is 15.9 Å². The quantitative estimate of drug-likeness (QED) is 0.819. The van der Waals surface area contributed by atoms with Crippen LogP contribution in [-0.2, 0) is 6.54 Å². The first-order valence-electron chi connectivity index (χ1n) is 6.66. The van der Waals surface area contributed by atoms with Crippen LogP contribution in [0.4, 0.5) is 5.69 Å². The molecule has 0 amide bonds. The van der Waals surface area contributed by atoms with Gasteiger partial charge in [-0.3, -0.25) is 0 Å². The van der Waals surface area contributed by atoms with Crippen molar-refractivity contribution < 1.29 is 14.6 Å². The Morgan fingerprint density at radius 1 is 1.19 bits per heavy atom. The first kappa shape index (κ1) is 15.5. The summed E-state index contributed by atoms with van der Waals surface area (Å²) in [6.07, 6.45) is 0. The summed E-state index contributed by atoms with van der Waals surface area (Å²) in [5.74, 6) is 1.45. The number of anilines is 1. The van der Waals surface area contributed by atoms with Crippen molar-refractivity contribution in [1.29, 1.82) is 0 Å². The van der Waals surface area contributed by atoms with Gasteiger partial charge in [-0.15, -0.1) is 0 Å². The van der Waals surface area contributed by atoms with Crippen molar-refractivity contribution in [3.8, 4) is 17.2 Å². The third-order valence-electron chi connectivity index (χ3n) is 2.99. The summed E-state index contributed by atoms with van der Waals surface area (Å²) in [7, 11) is 1.53. The van der Waals surface area contributed by atoms with Crippen LogP contribution >= 0.6 is 15.9 Å². The highest BCUT2D eigenvalue weighted by Gasteiger charge is 2.09. The number of benzene rings is 2. The third-order valence-corrected chi connectivity index (χ3v) is 3.44. The van der Waals surface area contributed by atoms with Gasteiger partial charge < -0.3 is 19.9 Å². The second kappa shape index (κ2) is 7.22. The molecule has 0 atom stereocenters. The molecule has 21 heavy (non-hydrogen) atoms. The molecule has 0 spiro atoms. The number of aromatic hydroxyl groups is 1. The highest BCUT2D eigenvalue weighted by Crippen LogP contribution is 2.34. The van der Waals surface area contributed by atoms with Crippen molar-refractivity contribution in [2.75, 3.05) is 19.0 Å². The molecule has 2 aromatic rings. The van der Waals surface area contributed by atoms with Crippen molar-refractivity contribution in [3.05, 3.63) is 46.4 Å². The minimum atomic E-state index is 0.152. The van der Waals surface area contributed by atoms with Crippen LogP contribution in [0.5, 0.6) is 17.2 Å². The van der Waals surface area contributed by atoms with Gasteiger partial charge in [0.15, 0.2) is 11.5 Å². The van der Waals surface area contributed by atoms with E-state index in [1.54, 1.807) is 6.07 Å². The van der Waals surface area contributed by atoms with E-state index in [9.17, 15) is 5.11 Å². The van der Waals surface area contributed by atoms with Crippen molar-refractivity contribution in [1.82, 2.24) is 0 Å². The van der Waals surface area contributed by atoms with E-state index in [2.05, 4.69) is 21.2 Å². The molecule has 0 bridgehead atoms. The summed E-state index contributed by atoms with van der Waals surface area (Å²) in [4.78, 5) is 0. The van der Waals surface area contributed by atoms with Gasteiger partial charge in [-0.25, -0.2) is 0 Å². The van der Waals surface area contributed by atoms with E-state index in [0.717, 1.165) is 21.5 Å². The number of methoxy groups -OCH3 is 1. The molecule has 4 nitrogen and oxygen atoms in total. The standard InChI is InChI=1S/C16H18BrNO3/c1-3-21-14-6-4-13(5-7-14)18-10-11-8-12(17)9-15(20-2)16(11)19/h4-9,18-19H,3,10H2,1-2H3. The van der Waals surface area contributed by atoms with E-state index in [1.807, 2.05) is 37.3 Å². The van der Waals surface area contributed by atoms with Gasteiger partial charge in [0, 0.05) is 22.3 Å². The highest BCUT2D eigenvalue weighted by molar-refractivity contribution is 9.10. The zero-order chi connectivity index (χ0) is 15.2. The summed E-state index contributed by atoms with van der Waals surface area (Å²) in [5.41, 5.74) is 1.71. The Bertz CT molecular complexity index is 599. The van der Waals surface area contributed by atoms with Gasteiger partial charge in [-0.2, -0.15) is 0 Å². The van der Waals surface area contributed by atoms with E-state index >= 15 is 0 Å². The van der Waals surface area contributed by atoms with E-state index in [0.29, 0.717) is 18.9 Å². The Balaban J connectivity index is 2.07. The predicted octanol–water partition coefficient (Wildman–Crippen LogP) is 4.17. The molecule has 0 heterocycles. The Labute approximate surface area is 132 Å². The van der Waals surface area contributed by atoms with Crippen molar-refractivity contribution in [2.24, 2.45) is 0 Å². The van der Waals surface area contributed by atoms with Gasteiger partial charge in [-0.05, 0) is 43.3 Å². The Morgan fingerprint density at radius 2 is 1.90 bits per heavy atom. The zero-order valence-electron chi connectivity index (χ0n) is 12.0. The highest BCUT2D eigenvalue weighted by atomic mass is 79.9. The SMILES string of the molecule is CCOc1ccc(NCc2cc(Br)cc(OC)c2O)cc1. The first-order chi connectivity index (χ1) is 10.1. The number of nitrogens with one attached hydrogen (secondary N) is 1. The van der Waals surface area contributed by atoms with Gasteiger partial charge in [0.25, 0.3) is 0 Å². The van der Waals surface area contributed by atoms with Crippen LogP contribution in [-0.4, -0.2) is 18.8 Å². The maximum atomic E-state index is 10.1. The van der Waals surface area contributed by atoms with Crippen LogP contribution in [0.2, 0.25) is 0 Å². The van der Waals surface area contributed by atoms with Crippen LogP contribution in [0.25, 0.3) is 0 Å². The minimum absolute atomic E-state index is 0.152. The van der Waals surface area contributed by atoms with Crippen LogP contribution in [0.3, 0.4) is 0 Å².